The number of β-amino-alcohol motifs (C(OH)–C–C–N with tert-alkyl or cyclic N) is 1. The minimum absolute atomic E-state index is 0.0465. The summed E-state index contributed by atoms with van der Waals surface area (Å²) in [7, 11) is 0. The Kier molecular flexibility index (Phi) is 19.0. The van der Waals surface area contributed by atoms with E-state index in [1.807, 2.05) is 77.1 Å². The second kappa shape index (κ2) is 25.2. The minimum Gasteiger partial charge on any atom is -0.444 e. The molecule has 0 saturated carbocycles. The summed E-state index contributed by atoms with van der Waals surface area (Å²) in [5.41, 5.74) is 10.7. The maximum Gasteiger partial charge on any atom is 0.408 e. The number of para-hydroxylation sites is 1. The molecule has 1 saturated heterocycles. The Balaban J connectivity index is 0.916. The van der Waals surface area contributed by atoms with Crippen molar-refractivity contribution in [1.82, 2.24) is 31.2 Å². The van der Waals surface area contributed by atoms with Crippen molar-refractivity contribution in [2.45, 2.75) is 174 Å². The fourth-order valence-corrected chi connectivity index (χ4v) is 11.2. The maximum atomic E-state index is 16.1. The summed E-state index contributed by atoms with van der Waals surface area (Å²) in [5.74, 6) is -4.76. The Morgan fingerprint density at radius 2 is 1.58 bits per heavy atom. The molecule has 79 heavy (non-hydrogen) atoms. The van der Waals surface area contributed by atoms with Crippen molar-refractivity contribution in [2.75, 3.05) is 16.8 Å². The number of anilines is 2. The van der Waals surface area contributed by atoms with E-state index in [2.05, 4.69) is 31.6 Å². The number of nitrogens with two attached hydrogens (primary N) is 1. The molecule has 0 radical (unpaired) electrons. The highest BCUT2D eigenvalue weighted by atomic mass is 32.1. The molecule has 1 fully saturated rings. The van der Waals surface area contributed by atoms with E-state index in [0.29, 0.717) is 31.4 Å². The number of thiazole rings is 1. The van der Waals surface area contributed by atoms with E-state index in [1.165, 1.54) is 15.9 Å². The van der Waals surface area contributed by atoms with Gasteiger partial charge in [-0.15, -0.1) is 11.3 Å². The van der Waals surface area contributed by atoms with Crippen LogP contribution in [0.4, 0.5) is 20.6 Å². The van der Waals surface area contributed by atoms with Gasteiger partial charge in [0.15, 0.2) is 0 Å². The van der Waals surface area contributed by atoms with Crippen LogP contribution >= 0.6 is 11.3 Å². The van der Waals surface area contributed by atoms with Gasteiger partial charge in [0.05, 0.1) is 39.6 Å². The van der Waals surface area contributed by atoms with Crippen LogP contribution in [0.15, 0.2) is 66.2 Å². The summed E-state index contributed by atoms with van der Waals surface area (Å²) in [6.45, 7) is 14.3. The van der Waals surface area contributed by atoms with Crippen molar-refractivity contribution in [1.29, 1.82) is 0 Å². The molecule has 0 unspecified atom stereocenters. The number of ether oxygens (including phenoxy) is 1. The van der Waals surface area contributed by atoms with Gasteiger partial charge in [-0.2, -0.15) is 0 Å². The molecule has 0 aliphatic carbocycles. The van der Waals surface area contributed by atoms with Gasteiger partial charge in [-0.1, -0.05) is 81.8 Å². The van der Waals surface area contributed by atoms with Crippen LogP contribution in [-0.2, 0) is 57.6 Å². The molecule has 0 spiro atoms. The monoisotopic (exact) mass is 1110 g/mol. The number of nitrogens with one attached hydrogen (secondary N) is 5. The third kappa shape index (κ3) is 14.9. The van der Waals surface area contributed by atoms with Gasteiger partial charge in [0.1, 0.15) is 41.6 Å². The number of carbonyl (C=O) groups is 8. The number of primary amides is 1. The lowest BCUT2D eigenvalue weighted by molar-refractivity contribution is -0.144. The number of rotatable bonds is 20. The van der Waals surface area contributed by atoms with Crippen LogP contribution in [0.3, 0.4) is 0 Å². The van der Waals surface area contributed by atoms with Crippen molar-refractivity contribution < 1.29 is 52.6 Å². The Labute approximate surface area is 464 Å². The number of alkyl carbamates (subject to hydrolysis) is 1. The second-order valence-electron chi connectivity index (χ2n) is 22.9. The summed E-state index contributed by atoms with van der Waals surface area (Å²) >= 11 is 1.55. The van der Waals surface area contributed by atoms with Crippen molar-refractivity contribution >= 4 is 70.2 Å². The third-order valence-electron chi connectivity index (χ3n) is 14.5. The molecule has 7 atom stereocenters. The lowest BCUT2D eigenvalue weighted by Gasteiger charge is -2.35. The van der Waals surface area contributed by atoms with E-state index in [-0.39, 0.29) is 68.6 Å². The number of likely N-dealkylation sites (tertiary alicyclic amines) is 1. The summed E-state index contributed by atoms with van der Waals surface area (Å²) in [6.07, 6.45) is 0.288. The molecule has 0 bridgehead atoms. The quantitative estimate of drug-likeness (QED) is 0.0489. The number of hydrogen-bond acceptors (Lipinski definition) is 12. The zero-order chi connectivity index (χ0) is 57.5. The van der Waals surface area contributed by atoms with E-state index >= 15 is 4.39 Å². The van der Waals surface area contributed by atoms with Gasteiger partial charge in [0, 0.05) is 32.2 Å². The lowest BCUT2D eigenvalue weighted by atomic mass is 9.85. The first-order valence-electron chi connectivity index (χ1n) is 27.0. The molecule has 7 rings (SSSR count). The van der Waals surface area contributed by atoms with Crippen LogP contribution in [-0.4, -0.2) is 111 Å². The highest BCUT2D eigenvalue weighted by Crippen LogP contribution is 2.39. The zero-order valence-electron chi connectivity index (χ0n) is 46.2. The molecular formula is C58H74FN9O10S. The number of aliphatic hydroxyl groups excluding tert-OH is 1. The average Bonchev–Trinajstić information content (AvgIpc) is 4.10. The molecule has 4 aromatic rings. The summed E-state index contributed by atoms with van der Waals surface area (Å²) in [4.78, 5) is 117. The second-order valence-corrected chi connectivity index (χ2v) is 23.7. The Morgan fingerprint density at radius 1 is 0.886 bits per heavy atom. The topological polar surface area (TPSA) is 272 Å². The van der Waals surface area contributed by atoms with Crippen molar-refractivity contribution in [2.24, 2.45) is 11.1 Å². The van der Waals surface area contributed by atoms with Crippen LogP contribution in [0, 0.1) is 18.2 Å². The first-order valence-corrected chi connectivity index (χ1v) is 27.9. The number of carbonyl (C=O) groups excluding carboxylic acids is 8. The largest absolute Gasteiger partial charge is 0.444 e. The maximum absolute atomic E-state index is 16.1. The van der Waals surface area contributed by atoms with Gasteiger partial charge in [-0.3, -0.25) is 38.5 Å². The number of halogens is 1. The van der Waals surface area contributed by atoms with Gasteiger partial charge < -0.3 is 47.1 Å². The molecule has 4 heterocycles. The van der Waals surface area contributed by atoms with Gasteiger partial charge in [0.2, 0.25) is 41.4 Å². The van der Waals surface area contributed by atoms with Crippen molar-refractivity contribution in [3.05, 3.63) is 99.9 Å². The zero-order valence-corrected chi connectivity index (χ0v) is 47.0. The SMILES string of the molecule is Cc1ncsc1-c1ccc([C@H](C)NC(=O)[C@@H]2C[C@@H](O)CN2C(=O)[C@@H](NC(=O)CCCCCc2cccc(NC(=O)[C@H](CCC(N)=O)NC(=O)[C@@H]3Cc4cccc5c4N3C(=O)[C@@H](NC(=O)OC(C)(C)C)CC5)c2F)C(C)(C)C)cc1. The minimum atomic E-state index is -1.37. The number of aromatic nitrogens is 1. The third-order valence-corrected chi connectivity index (χ3v) is 15.4. The molecule has 3 aliphatic rings. The van der Waals surface area contributed by atoms with Gasteiger partial charge in [0.25, 0.3) is 0 Å². The molecule has 19 nitrogen and oxygen atoms in total. The van der Waals surface area contributed by atoms with Gasteiger partial charge in [-0.25, -0.2) is 14.2 Å². The summed E-state index contributed by atoms with van der Waals surface area (Å²) < 4.78 is 21.5. The van der Waals surface area contributed by atoms with Crippen LogP contribution in [0.5, 0.6) is 0 Å². The molecule has 8 N–H and O–H groups in total. The predicted octanol–water partition coefficient (Wildman–Crippen LogP) is 6.22. The number of amides is 8. The molecule has 8 amide bonds. The molecular weight excluding hydrogens is 1030 g/mol. The summed E-state index contributed by atoms with van der Waals surface area (Å²) in [6, 6.07) is 12.0. The number of benzene rings is 3. The number of unbranched alkanes of at least 4 members (excludes halogenated alkanes) is 2. The molecule has 1 aromatic heterocycles. The normalized spacial score (nSPS) is 19.1. The number of hydrogen-bond donors (Lipinski definition) is 7. The number of nitrogens with zero attached hydrogens (tertiary/aromatic N) is 3. The van der Waals surface area contributed by atoms with Crippen molar-refractivity contribution in [3.63, 3.8) is 0 Å². The average molecular weight is 1110 g/mol. The number of aliphatic hydroxyl groups is 1. The smallest absolute Gasteiger partial charge is 0.408 e. The fraction of sp³-hybridized carbons (Fsp3) is 0.500. The van der Waals surface area contributed by atoms with E-state index < -0.39 is 101 Å². The van der Waals surface area contributed by atoms with E-state index in [0.717, 1.165) is 32.8 Å². The first-order chi connectivity index (χ1) is 37.3. The Hall–Kier alpha value is -7.26. The van der Waals surface area contributed by atoms with E-state index in [9.17, 15) is 43.5 Å². The fourth-order valence-electron chi connectivity index (χ4n) is 10.4. The lowest BCUT2D eigenvalue weighted by Crippen LogP contribution is -2.57. The highest BCUT2D eigenvalue weighted by Gasteiger charge is 2.46. The Bertz CT molecular complexity index is 2940. The molecule has 3 aromatic carbocycles. The van der Waals surface area contributed by atoms with Gasteiger partial charge in [-0.05, 0) is 112 Å². The van der Waals surface area contributed by atoms with Crippen LogP contribution in [0.2, 0.25) is 0 Å². The van der Waals surface area contributed by atoms with Crippen LogP contribution < -0.4 is 37.2 Å². The van der Waals surface area contributed by atoms with Gasteiger partial charge >= 0.3 is 6.09 Å². The molecule has 424 valence electrons. The van der Waals surface area contributed by atoms with E-state index in [1.54, 1.807) is 49.8 Å². The molecule has 3 aliphatic heterocycles. The Morgan fingerprint density at radius 3 is 2.25 bits per heavy atom. The standard InChI is InChI=1S/C58H74FN9O10S/c1-32(34-20-22-37(23-21-34)49-33(2)61-31-79-49)62-52(73)43-29-39(69)30-67(43)55(76)50(57(3,4)5)66-46(71)19-11-9-10-14-35-15-13-18-40(47(35)59)63-51(72)41(26-27-45(60)70)64-53(74)44-28-38-17-12-16-36-24-25-42(54(75)68(44)48(36)38)65-56(77)78-58(6,7)8/h12-13,15-18,20-23,31-32,39,41-44,50,69H,9-11,14,19,24-30H2,1-8H3,(H2,60,70)(H,62,73)(H,63,72)(H,64,74)(H,65,77)(H,66,71)/t32-,39+,41-,42-,43-,44-,50+/m0/s1. The highest BCUT2D eigenvalue weighted by molar-refractivity contribution is 7.13. The predicted molar refractivity (Wildman–Crippen MR) is 297 cm³/mol. The van der Waals surface area contributed by atoms with Crippen LogP contribution in [0.25, 0.3) is 10.4 Å². The van der Waals surface area contributed by atoms with Crippen molar-refractivity contribution in [3.8, 4) is 10.4 Å². The number of aryl methyl sites for hydroxylation is 3. The van der Waals surface area contributed by atoms with E-state index in [4.69, 9.17) is 10.5 Å². The molecule has 21 heteroatoms. The summed E-state index contributed by atoms with van der Waals surface area (Å²) in [5, 5.41) is 24.5. The first kappa shape index (κ1) is 59.4. The van der Waals surface area contributed by atoms with Crippen LogP contribution in [0.1, 0.15) is 134 Å².